The predicted octanol–water partition coefficient (Wildman–Crippen LogP) is 2.22. The molecule has 0 N–H and O–H groups in total. The van der Waals surface area contributed by atoms with Crippen LogP contribution in [-0.4, -0.2) is 28.2 Å². The van der Waals surface area contributed by atoms with E-state index in [1.165, 1.54) is 33.6 Å². The van der Waals surface area contributed by atoms with Gasteiger partial charge in [0, 0.05) is 75.0 Å². The van der Waals surface area contributed by atoms with Crippen LogP contribution in [0.3, 0.4) is 0 Å². The van der Waals surface area contributed by atoms with Crippen molar-refractivity contribution in [1.29, 1.82) is 0 Å². The first-order valence-electron chi connectivity index (χ1n) is 12.3. The normalized spacial score (nSPS) is 11.0. The summed E-state index contributed by atoms with van der Waals surface area (Å²) < 4.78 is 4.40. The SMILES string of the molecule is CN(C)c1ccc(C[n+]2ccc(/C=C/C=C/c3cc[n+](Cc4ccc(N(C)C)cc4)cc3)cc2)cc1.[Br-]. The standard InChI is InChI=1S/C32H36N4.BrH/c1-33(2)31-13-9-29(10-14-31)25-35-21-17-27(18-22-35)7-5-6-8-28-19-23-36(24-20-28)26-30-11-15-32(16-12-30)34(3)4;/h5-24H,25-26H2,1-4H3;1H/q+2;/p-1/b7-5+,8-6+;. The van der Waals surface area contributed by atoms with Crippen molar-refractivity contribution in [3.05, 3.63) is 132 Å². The van der Waals surface area contributed by atoms with Gasteiger partial charge in [-0.15, -0.1) is 0 Å². The van der Waals surface area contributed by atoms with Crippen molar-refractivity contribution >= 4 is 23.5 Å². The Morgan fingerprint density at radius 2 is 0.838 bits per heavy atom. The fourth-order valence-electron chi connectivity index (χ4n) is 3.92. The fraction of sp³-hybridized carbons (Fsp3) is 0.188. The first kappa shape index (κ1) is 27.9. The van der Waals surface area contributed by atoms with Gasteiger partial charge in [-0.25, -0.2) is 9.13 Å². The van der Waals surface area contributed by atoms with E-state index < -0.39 is 0 Å². The van der Waals surface area contributed by atoms with E-state index in [1.54, 1.807) is 0 Å². The number of hydrogen-bond acceptors (Lipinski definition) is 2. The maximum Gasteiger partial charge on any atom is 0.173 e. The molecule has 0 radical (unpaired) electrons. The molecule has 0 spiro atoms. The van der Waals surface area contributed by atoms with Gasteiger partial charge in [0.15, 0.2) is 37.9 Å². The zero-order valence-electron chi connectivity index (χ0n) is 22.1. The summed E-state index contributed by atoms with van der Waals surface area (Å²) in [7, 11) is 8.25. The molecular formula is C32H36BrN4+. The van der Waals surface area contributed by atoms with Crippen LogP contribution in [0.15, 0.2) is 110 Å². The largest absolute Gasteiger partial charge is 1.00 e. The zero-order chi connectivity index (χ0) is 25.3. The maximum absolute atomic E-state index is 2.20. The first-order chi connectivity index (χ1) is 17.5. The lowest BCUT2D eigenvalue weighted by Crippen LogP contribution is -3.00. The molecule has 0 aliphatic rings. The van der Waals surface area contributed by atoms with Crippen LogP contribution in [0.1, 0.15) is 22.3 Å². The molecular weight excluding hydrogens is 520 g/mol. The van der Waals surface area contributed by atoms with Gasteiger partial charge in [-0.1, -0.05) is 48.6 Å². The minimum absolute atomic E-state index is 0. The van der Waals surface area contributed by atoms with Crippen LogP contribution in [0.5, 0.6) is 0 Å². The molecule has 4 aromatic rings. The molecule has 0 fully saturated rings. The van der Waals surface area contributed by atoms with Crippen LogP contribution in [0.2, 0.25) is 0 Å². The molecule has 0 aliphatic heterocycles. The van der Waals surface area contributed by atoms with Crippen molar-refractivity contribution in [2.24, 2.45) is 0 Å². The van der Waals surface area contributed by atoms with Crippen molar-refractivity contribution in [3.63, 3.8) is 0 Å². The zero-order valence-corrected chi connectivity index (χ0v) is 23.7. The van der Waals surface area contributed by atoms with Crippen molar-refractivity contribution in [2.45, 2.75) is 13.1 Å². The number of hydrogen-bond donors (Lipinski definition) is 0. The predicted molar refractivity (Wildman–Crippen MR) is 151 cm³/mol. The van der Waals surface area contributed by atoms with Gasteiger partial charge in [0.1, 0.15) is 0 Å². The number of aromatic nitrogens is 2. The number of nitrogens with zero attached hydrogens (tertiary/aromatic N) is 4. The van der Waals surface area contributed by atoms with Gasteiger partial charge in [0.25, 0.3) is 0 Å². The number of allylic oxidation sites excluding steroid dienone is 2. The second kappa shape index (κ2) is 13.6. The fourth-order valence-corrected chi connectivity index (χ4v) is 3.92. The first-order valence-corrected chi connectivity index (χ1v) is 12.3. The lowest BCUT2D eigenvalue weighted by atomic mass is 10.2. The minimum Gasteiger partial charge on any atom is -1.00 e. The molecule has 0 aliphatic carbocycles. The summed E-state index contributed by atoms with van der Waals surface area (Å²) in [5.74, 6) is 0. The van der Waals surface area contributed by atoms with E-state index in [2.05, 4.69) is 169 Å². The molecule has 4 rings (SSSR count). The molecule has 0 saturated carbocycles. The molecule has 2 aromatic carbocycles. The van der Waals surface area contributed by atoms with Gasteiger partial charge >= 0.3 is 0 Å². The van der Waals surface area contributed by atoms with Gasteiger partial charge in [-0.2, -0.15) is 0 Å². The average molecular weight is 557 g/mol. The maximum atomic E-state index is 2.20. The van der Waals surface area contributed by atoms with Crippen LogP contribution in [0, 0.1) is 0 Å². The van der Waals surface area contributed by atoms with Crippen LogP contribution >= 0.6 is 0 Å². The van der Waals surface area contributed by atoms with Crippen LogP contribution in [0.25, 0.3) is 12.2 Å². The minimum atomic E-state index is 0. The molecule has 4 nitrogen and oxygen atoms in total. The van der Waals surface area contributed by atoms with Crippen LogP contribution < -0.4 is 35.9 Å². The molecule has 0 atom stereocenters. The van der Waals surface area contributed by atoms with E-state index >= 15 is 0 Å². The van der Waals surface area contributed by atoms with E-state index in [1.807, 2.05) is 0 Å². The summed E-state index contributed by atoms with van der Waals surface area (Å²) in [6, 6.07) is 26.0. The van der Waals surface area contributed by atoms with Gasteiger partial charge in [-0.3, -0.25) is 0 Å². The summed E-state index contributed by atoms with van der Waals surface area (Å²) in [4.78, 5) is 4.24. The number of rotatable bonds is 9. The summed E-state index contributed by atoms with van der Waals surface area (Å²) in [6.45, 7) is 1.74. The summed E-state index contributed by atoms with van der Waals surface area (Å²) in [5, 5.41) is 0. The van der Waals surface area contributed by atoms with Crippen LogP contribution in [0.4, 0.5) is 11.4 Å². The van der Waals surface area contributed by atoms with Crippen molar-refractivity contribution in [3.8, 4) is 0 Å². The third-order valence-electron chi connectivity index (χ3n) is 6.16. The van der Waals surface area contributed by atoms with Gasteiger partial charge in [-0.05, 0) is 35.4 Å². The van der Waals surface area contributed by atoms with Gasteiger partial charge in [0.2, 0.25) is 0 Å². The Kier molecular flexibility index (Phi) is 10.2. The molecule has 37 heavy (non-hydrogen) atoms. The lowest BCUT2D eigenvalue weighted by molar-refractivity contribution is -0.688. The second-order valence-electron chi connectivity index (χ2n) is 9.45. The average Bonchev–Trinajstić information content (AvgIpc) is 2.89. The Hall–Kier alpha value is -3.70. The van der Waals surface area contributed by atoms with E-state index in [0.717, 1.165) is 13.1 Å². The second-order valence-corrected chi connectivity index (χ2v) is 9.45. The molecule has 0 bridgehead atoms. The smallest absolute Gasteiger partial charge is 0.173 e. The highest BCUT2D eigenvalue weighted by Gasteiger charge is 2.04. The monoisotopic (exact) mass is 555 g/mol. The molecule has 0 unspecified atom stereocenters. The Morgan fingerprint density at radius 1 is 0.514 bits per heavy atom. The molecule has 190 valence electrons. The van der Waals surface area contributed by atoms with E-state index in [9.17, 15) is 0 Å². The Labute approximate surface area is 232 Å². The Balaban J connectivity index is 0.00000380. The van der Waals surface area contributed by atoms with Crippen molar-refractivity contribution in [2.75, 3.05) is 38.0 Å². The summed E-state index contributed by atoms with van der Waals surface area (Å²) >= 11 is 0. The highest BCUT2D eigenvalue weighted by molar-refractivity contribution is 5.56. The molecule has 0 amide bonds. The highest BCUT2D eigenvalue weighted by atomic mass is 79.9. The number of anilines is 2. The third kappa shape index (κ3) is 8.43. The Morgan fingerprint density at radius 3 is 1.14 bits per heavy atom. The number of halogens is 1. The van der Waals surface area contributed by atoms with Crippen molar-refractivity contribution < 1.29 is 26.1 Å². The topological polar surface area (TPSA) is 14.2 Å². The number of pyridine rings is 2. The summed E-state index contributed by atoms with van der Waals surface area (Å²) in [6.07, 6.45) is 17.0. The molecule has 5 heteroatoms. The lowest BCUT2D eigenvalue weighted by Gasteiger charge is -2.11. The summed E-state index contributed by atoms with van der Waals surface area (Å²) in [5.41, 5.74) is 7.40. The Bertz CT molecular complexity index is 1180. The third-order valence-corrected chi connectivity index (χ3v) is 6.16. The van der Waals surface area contributed by atoms with Crippen molar-refractivity contribution in [1.82, 2.24) is 0 Å². The van der Waals surface area contributed by atoms with E-state index in [-0.39, 0.29) is 17.0 Å². The van der Waals surface area contributed by atoms with Gasteiger partial charge in [0.05, 0.1) is 0 Å². The van der Waals surface area contributed by atoms with E-state index in [0.29, 0.717) is 0 Å². The van der Waals surface area contributed by atoms with E-state index in [4.69, 9.17) is 0 Å². The number of benzene rings is 2. The quantitative estimate of drug-likeness (QED) is 0.232. The highest BCUT2D eigenvalue weighted by Crippen LogP contribution is 2.13. The molecule has 2 aromatic heterocycles. The molecule has 0 saturated heterocycles. The molecule has 2 heterocycles. The van der Waals surface area contributed by atoms with Gasteiger partial charge < -0.3 is 26.8 Å². The van der Waals surface area contributed by atoms with Crippen LogP contribution in [-0.2, 0) is 13.1 Å².